The first-order valence-electron chi connectivity index (χ1n) is 2.73. The maximum atomic E-state index is 11.8. The molecule has 0 fully saturated rings. The molecule has 0 unspecified atom stereocenters. The van der Waals surface area contributed by atoms with Gasteiger partial charge in [0.2, 0.25) is 0 Å². The second-order valence-corrected chi connectivity index (χ2v) is 1.86. The van der Waals surface area contributed by atoms with E-state index in [1.807, 2.05) is 0 Å². The predicted molar refractivity (Wildman–Crippen MR) is 37.2 cm³/mol. The van der Waals surface area contributed by atoms with Crippen molar-refractivity contribution < 1.29 is 13.2 Å². The van der Waals surface area contributed by atoms with Gasteiger partial charge in [0.25, 0.3) is 0 Å². The number of hydrogen-bond acceptors (Lipinski definition) is 0. The zero-order chi connectivity index (χ0) is 7.61. The molecule has 0 saturated carbocycles. The summed E-state index contributed by atoms with van der Waals surface area (Å²) < 4.78 is 35.4. The Labute approximate surface area is 105 Å². The molecule has 1 radical (unpaired) electrons. The molecule has 0 amide bonds. The molecule has 0 N–H and O–H groups in total. The number of rotatable bonds is 0. The third-order valence-electron chi connectivity index (χ3n) is 1.10. The zero-order valence-electron chi connectivity index (χ0n) is 6.02. The van der Waals surface area contributed by atoms with Crippen LogP contribution in [0, 0.1) is 0 Å². The van der Waals surface area contributed by atoms with Gasteiger partial charge in [-0.2, -0.15) is 13.2 Å². The van der Waals surface area contributed by atoms with Crippen molar-refractivity contribution in [2.75, 3.05) is 0 Å². The van der Waals surface area contributed by atoms with Gasteiger partial charge in [-0.05, 0) is 0 Å². The van der Waals surface area contributed by atoms with Crippen LogP contribution in [0.15, 0.2) is 30.3 Å². The van der Waals surface area contributed by atoms with Crippen molar-refractivity contribution in [3.8, 4) is 0 Å². The molecule has 1 rings (SSSR count). The predicted octanol–water partition coefficient (Wildman–Crippen LogP) is 2.32. The first-order valence-corrected chi connectivity index (χ1v) is 2.73. The fraction of sp³-hybridized carbons (Fsp3) is 0.143. The van der Waals surface area contributed by atoms with E-state index in [0.29, 0.717) is 0 Å². The third kappa shape index (κ3) is 3.71. The van der Waals surface area contributed by atoms with Gasteiger partial charge in [0, 0.05) is 51.4 Å². The van der Waals surface area contributed by atoms with Crippen molar-refractivity contribution in [1.82, 2.24) is 0 Å². The number of benzene rings is 1. The molecule has 0 nitrogen and oxygen atoms in total. The number of halogens is 3. The summed E-state index contributed by atoms with van der Waals surface area (Å²) in [6.45, 7) is 0. The Balaban J connectivity index is 0.000001000. The quantitative estimate of drug-likeness (QED) is 0.544. The molecule has 0 saturated heterocycles. The van der Waals surface area contributed by atoms with Gasteiger partial charge in [0.1, 0.15) is 0 Å². The minimum atomic E-state index is -4.21. The molecule has 1 aromatic carbocycles. The summed E-state index contributed by atoms with van der Waals surface area (Å²) in [6, 6.07) is 6.36. The molecule has 0 spiro atoms. The molecule has 0 atom stereocenters. The molecule has 0 heterocycles. The molecular formula is C7H5F3K. The van der Waals surface area contributed by atoms with E-state index < -0.39 is 11.7 Å². The van der Waals surface area contributed by atoms with Crippen LogP contribution >= 0.6 is 0 Å². The van der Waals surface area contributed by atoms with Crippen LogP contribution in [0.25, 0.3) is 0 Å². The maximum absolute atomic E-state index is 11.8. The van der Waals surface area contributed by atoms with Crippen LogP contribution in [0.4, 0.5) is 13.2 Å². The molecule has 4 heteroatoms. The van der Waals surface area contributed by atoms with Crippen molar-refractivity contribution in [3.05, 3.63) is 35.9 Å². The van der Waals surface area contributed by atoms with E-state index in [-0.39, 0.29) is 51.4 Å². The van der Waals surface area contributed by atoms with Gasteiger partial charge in [-0.25, -0.2) is 0 Å². The summed E-state index contributed by atoms with van der Waals surface area (Å²) in [5.74, 6) is 0. The maximum Gasteiger partial charge on any atom is 0.416 e. The van der Waals surface area contributed by atoms with Crippen LogP contribution in [0.1, 0.15) is 5.56 Å². The Kier molecular flexibility index (Phi) is 4.89. The molecule has 55 valence electrons. The Morgan fingerprint density at radius 2 is 1.36 bits per heavy atom. The summed E-state index contributed by atoms with van der Waals surface area (Å²) in [7, 11) is 0. The Bertz CT molecular complexity index is 205. The fourth-order valence-corrected chi connectivity index (χ4v) is 0.627. The molecule has 0 aliphatic carbocycles. The van der Waals surface area contributed by atoms with E-state index in [4.69, 9.17) is 0 Å². The van der Waals surface area contributed by atoms with Crippen molar-refractivity contribution in [2.45, 2.75) is 6.18 Å². The van der Waals surface area contributed by atoms with Gasteiger partial charge < -0.3 is 0 Å². The summed E-state index contributed by atoms with van der Waals surface area (Å²) >= 11 is 0. The Morgan fingerprint density at radius 1 is 0.909 bits per heavy atom. The number of alkyl halides is 3. The van der Waals surface area contributed by atoms with Gasteiger partial charge in [-0.15, -0.1) is 0 Å². The summed E-state index contributed by atoms with van der Waals surface area (Å²) in [5, 5.41) is 0. The van der Waals surface area contributed by atoms with Gasteiger partial charge in [-0.3, -0.25) is 0 Å². The Hall–Kier alpha value is 0.646. The molecular weight excluding hydrogens is 180 g/mol. The van der Waals surface area contributed by atoms with Gasteiger partial charge >= 0.3 is 6.18 Å². The molecule has 0 aliphatic heterocycles. The second-order valence-electron chi connectivity index (χ2n) is 1.86. The van der Waals surface area contributed by atoms with Crippen molar-refractivity contribution in [2.24, 2.45) is 0 Å². The number of hydrogen-bond donors (Lipinski definition) is 0. The van der Waals surface area contributed by atoms with E-state index >= 15 is 0 Å². The largest absolute Gasteiger partial charge is 0.416 e. The summed E-state index contributed by atoms with van der Waals surface area (Å²) in [5.41, 5.74) is -0.602. The van der Waals surface area contributed by atoms with Crippen molar-refractivity contribution in [3.63, 3.8) is 0 Å². The molecule has 0 aromatic heterocycles. The third-order valence-corrected chi connectivity index (χ3v) is 1.10. The van der Waals surface area contributed by atoms with Crippen molar-refractivity contribution >= 4 is 51.4 Å². The second kappa shape index (κ2) is 4.62. The molecule has 11 heavy (non-hydrogen) atoms. The summed E-state index contributed by atoms with van der Waals surface area (Å²) in [6.07, 6.45) is -4.21. The fourth-order valence-electron chi connectivity index (χ4n) is 0.627. The van der Waals surface area contributed by atoms with Crippen LogP contribution in [-0.2, 0) is 6.18 Å². The SMILES string of the molecule is FC(F)(F)c1ccccc1.[K]. The molecule has 0 aliphatic rings. The smallest absolute Gasteiger partial charge is 0.166 e. The normalized spacial score (nSPS) is 10.5. The van der Waals surface area contributed by atoms with E-state index in [9.17, 15) is 13.2 Å². The van der Waals surface area contributed by atoms with Crippen LogP contribution < -0.4 is 0 Å². The van der Waals surface area contributed by atoms with E-state index in [1.165, 1.54) is 12.1 Å². The van der Waals surface area contributed by atoms with Crippen LogP contribution in [0.2, 0.25) is 0 Å². The average molecular weight is 185 g/mol. The summed E-state index contributed by atoms with van der Waals surface area (Å²) in [4.78, 5) is 0. The average Bonchev–Trinajstić information content (AvgIpc) is 1.88. The molecule has 0 bridgehead atoms. The van der Waals surface area contributed by atoms with Crippen LogP contribution in [-0.4, -0.2) is 51.4 Å². The van der Waals surface area contributed by atoms with Gasteiger partial charge in [-0.1, -0.05) is 30.3 Å². The monoisotopic (exact) mass is 185 g/mol. The van der Waals surface area contributed by atoms with Crippen LogP contribution in [0.3, 0.4) is 0 Å². The van der Waals surface area contributed by atoms with Gasteiger partial charge in [0.05, 0.1) is 5.56 Å². The van der Waals surface area contributed by atoms with E-state index in [2.05, 4.69) is 0 Å². The van der Waals surface area contributed by atoms with E-state index in [1.54, 1.807) is 6.07 Å². The standard InChI is InChI=1S/C7H5F3.K/c8-7(9,10)6-4-2-1-3-5-6;/h1-5H;. The minimum absolute atomic E-state index is 0. The Morgan fingerprint density at radius 3 is 1.64 bits per heavy atom. The topological polar surface area (TPSA) is 0 Å². The van der Waals surface area contributed by atoms with Crippen molar-refractivity contribution in [1.29, 1.82) is 0 Å². The first kappa shape index (κ1) is 11.6. The zero-order valence-corrected chi connectivity index (χ0v) is 9.14. The minimum Gasteiger partial charge on any atom is -0.166 e. The molecule has 1 aromatic rings. The van der Waals surface area contributed by atoms with Crippen LogP contribution in [0.5, 0.6) is 0 Å². The van der Waals surface area contributed by atoms with Gasteiger partial charge in [0.15, 0.2) is 0 Å². The first-order chi connectivity index (χ1) is 4.61. The van der Waals surface area contributed by atoms with E-state index in [0.717, 1.165) is 12.1 Å².